The molecule has 3 aromatic carbocycles. The summed E-state index contributed by atoms with van der Waals surface area (Å²) in [6.07, 6.45) is 3.14. The Balaban J connectivity index is 1.62. The van der Waals surface area contributed by atoms with Crippen LogP contribution in [0, 0.1) is 0 Å². The van der Waals surface area contributed by atoms with Crippen molar-refractivity contribution >= 4 is 51.7 Å². The molecule has 1 N–H and O–H groups in total. The van der Waals surface area contributed by atoms with Crippen LogP contribution in [0.5, 0.6) is 0 Å². The number of nitrogens with one attached hydrogen (secondary N) is 1. The molecule has 0 saturated carbocycles. The zero-order chi connectivity index (χ0) is 23.9. The Morgan fingerprint density at radius 3 is 2.40 bits per heavy atom. The van der Waals surface area contributed by atoms with E-state index in [-0.39, 0.29) is 0 Å². The first-order chi connectivity index (χ1) is 17.1. The number of rotatable bonds is 4. The normalized spacial score (nSPS) is 13.1. The number of aryl methyl sites for hydroxylation is 2. The van der Waals surface area contributed by atoms with Crippen LogP contribution >= 0.6 is 35.4 Å². The van der Waals surface area contributed by atoms with E-state index in [1.54, 1.807) is 0 Å². The van der Waals surface area contributed by atoms with Gasteiger partial charge in [-0.3, -0.25) is 0 Å². The first-order valence-corrected chi connectivity index (χ1v) is 12.8. The van der Waals surface area contributed by atoms with E-state index in [0.717, 1.165) is 65.4 Å². The van der Waals surface area contributed by atoms with E-state index in [0.29, 0.717) is 15.0 Å². The van der Waals surface area contributed by atoms with Gasteiger partial charge in [0, 0.05) is 33.9 Å². The summed E-state index contributed by atoms with van der Waals surface area (Å²) in [6.45, 7) is 0.881. The van der Waals surface area contributed by atoms with Crippen molar-refractivity contribution in [2.45, 2.75) is 25.8 Å². The zero-order valence-corrected chi connectivity index (χ0v) is 21.2. The first kappa shape index (κ1) is 22.4. The number of aromatic nitrogens is 3. The molecule has 0 fully saturated rings. The highest BCUT2D eigenvalue weighted by atomic mass is 35.5. The summed E-state index contributed by atoms with van der Waals surface area (Å²) in [4.78, 5) is 0.614. The van der Waals surface area contributed by atoms with E-state index in [2.05, 4.69) is 34.1 Å². The molecule has 7 heteroatoms. The predicted molar refractivity (Wildman–Crippen MR) is 149 cm³/mol. The number of thiocarbonyl (C=S) groups is 1. The summed E-state index contributed by atoms with van der Waals surface area (Å²) in [5, 5.41) is 9.92. The molecule has 1 aliphatic rings. The van der Waals surface area contributed by atoms with E-state index < -0.39 is 0 Å². The number of nitrogens with zero attached hydrogens (tertiary/aromatic N) is 3. The first-order valence-electron chi connectivity index (χ1n) is 11.6. The fourth-order valence-electron chi connectivity index (χ4n) is 4.93. The number of anilines is 1. The molecule has 0 amide bonds. The molecular formula is C28H22Cl2N4S. The molecule has 0 radical (unpaired) electrons. The molecule has 3 heterocycles. The fourth-order valence-corrected chi connectivity index (χ4v) is 5.58. The average molecular weight is 517 g/mol. The monoisotopic (exact) mass is 516 g/mol. The van der Waals surface area contributed by atoms with Gasteiger partial charge < -0.3 is 9.88 Å². The summed E-state index contributed by atoms with van der Waals surface area (Å²) in [5.74, 6) is 0.865. The van der Waals surface area contributed by atoms with Gasteiger partial charge >= 0.3 is 0 Å². The lowest BCUT2D eigenvalue weighted by molar-refractivity contribution is 0.645. The van der Waals surface area contributed by atoms with E-state index in [9.17, 15) is 0 Å². The Kier molecular flexibility index (Phi) is 5.85. The number of halogens is 2. The van der Waals surface area contributed by atoms with Crippen molar-refractivity contribution in [1.29, 1.82) is 0 Å². The number of hydrogen-bond acceptors (Lipinski definition) is 2. The maximum Gasteiger partial charge on any atom is 0.163 e. The third kappa shape index (κ3) is 3.94. The van der Waals surface area contributed by atoms with Crippen molar-refractivity contribution in [2.24, 2.45) is 0 Å². The van der Waals surface area contributed by atoms with E-state index in [1.807, 2.05) is 59.1 Å². The second-order valence-corrected chi connectivity index (χ2v) is 9.93. The molecule has 4 nitrogen and oxygen atoms in total. The molecule has 0 unspecified atom stereocenters. The van der Waals surface area contributed by atoms with Crippen molar-refractivity contribution in [3.63, 3.8) is 0 Å². The van der Waals surface area contributed by atoms with Crippen LogP contribution in [0.25, 0.3) is 28.2 Å². The third-order valence-electron chi connectivity index (χ3n) is 6.48. The molecule has 6 rings (SSSR count). The molecule has 2 aromatic heterocycles. The van der Waals surface area contributed by atoms with E-state index >= 15 is 0 Å². The molecule has 0 aliphatic carbocycles. The molecule has 0 saturated heterocycles. The fraction of sp³-hybridized carbons (Fsp3) is 0.143. The van der Waals surface area contributed by atoms with Crippen LogP contribution in [0.2, 0.25) is 10.0 Å². The number of benzene rings is 3. The second kappa shape index (κ2) is 9.15. The molecule has 0 atom stereocenters. The quantitative estimate of drug-likeness (QED) is 0.246. The lowest BCUT2D eigenvalue weighted by Gasteiger charge is -2.12. The summed E-state index contributed by atoms with van der Waals surface area (Å²) in [5.41, 5.74) is 7.33. The highest BCUT2D eigenvalue weighted by Gasteiger charge is 2.29. The second-order valence-electron chi connectivity index (χ2n) is 8.68. The van der Waals surface area contributed by atoms with Gasteiger partial charge in [0.25, 0.3) is 0 Å². The van der Waals surface area contributed by atoms with Gasteiger partial charge in [-0.05, 0) is 61.2 Å². The summed E-state index contributed by atoms with van der Waals surface area (Å²) in [6, 6.07) is 25.9. The average Bonchev–Trinajstić information content (AvgIpc) is 3.29. The van der Waals surface area contributed by atoms with Crippen molar-refractivity contribution < 1.29 is 0 Å². The van der Waals surface area contributed by atoms with Gasteiger partial charge in [0.15, 0.2) is 5.82 Å². The Hall–Kier alpha value is -3.12. The lowest BCUT2D eigenvalue weighted by atomic mass is 9.98. The van der Waals surface area contributed by atoms with E-state index in [1.165, 1.54) is 5.56 Å². The molecule has 35 heavy (non-hydrogen) atoms. The Bertz CT molecular complexity index is 1550. The molecule has 0 spiro atoms. The van der Waals surface area contributed by atoms with Gasteiger partial charge in [0.2, 0.25) is 0 Å². The van der Waals surface area contributed by atoms with Crippen molar-refractivity contribution in [3.8, 4) is 22.5 Å². The van der Waals surface area contributed by atoms with Crippen molar-refractivity contribution in [2.75, 3.05) is 5.32 Å². The minimum Gasteiger partial charge on any atom is -0.345 e. The predicted octanol–water partition coefficient (Wildman–Crippen LogP) is 7.90. The zero-order valence-electron chi connectivity index (χ0n) is 18.8. The van der Waals surface area contributed by atoms with Crippen LogP contribution in [0.4, 0.5) is 5.69 Å². The van der Waals surface area contributed by atoms with Gasteiger partial charge in [0.05, 0.1) is 5.02 Å². The summed E-state index contributed by atoms with van der Waals surface area (Å²) < 4.78 is 4.33. The maximum absolute atomic E-state index is 6.62. The standard InChI is InChI=1S/C28H22Cl2N4S/c29-19-13-15-20(16-14-19)31-27(35)25-24(18-8-2-1-3-9-18)22-11-6-7-17-33-26(32-34(25)28(22)33)21-10-4-5-12-23(21)30/h1-5,8-10,12-16H,6-7,11,17H2,(H,31,35). The smallest absolute Gasteiger partial charge is 0.163 e. The highest BCUT2D eigenvalue weighted by molar-refractivity contribution is 7.81. The van der Waals surface area contributed by atoms with Crippen LogP contribution in [0.15, 0.2) is 78.9 Å². The van der Waals surface area contributed by atoms with Crippen molar-refractivity contribution in [3.05, 3.63) is 100 Å². The maximum atomic E-state index is 6.62. The molecule has 0 bridgehead atoms. The topological polar surface area (TPSA) is 34.3 Å². The minimum absolute atomic E-state index is 0.614. The highest BCUT2D eigenvalue weighted by Crippen LogP contribution is 2.39. The van der Waals surface area contributed by atoms with Crippen LogP contribution in [-0.4, -0.2) is 19.2 Å². The molecule has 1 aliphatic heterocycles. The van der Waals surface area contributed by atoms with E-state index in [4.69, 9.17) is 40.5 Å². The third-order valence-corrected chi connectivity index (χ3v) is 7.36. The Labute approximate surface area is 219 Å². The molecule has 174 valence electrons. The van der Waals surface area contributed by atoms with Crippen LogP contribution in [0.3, 0.4) is 0 Å². The Morgan fingerprint density at radius 1 is 0.886 bits per heavy atom. The van der Waals surface area contributed by atoms with Crippen LogP contribution in [0.1, 0.15) is 24.1 Å². The van der Waals surface area contributed by atoms with Gasteiger partial charge in [0.1, 0.15) is 16.3 Å². The van der Waals surface area contributed by atoms with Gasteiger partial charge in [-0.2, -0.15) is 0 Å². The summed E-state index contributed by atoms with van der Waals surface area (Å²) >= 11 is 18.7. The lowest BCUT2D eigenvalue weighted by Crippen LogP contribution is -2.14. The summed E-state index contributed by atoms with van der Waals surface area (Å²) in [7, 11) is 0. The SMILES string of the molecule is S=C(Nc1ccc(Cl)cc1)c1c(-c2ccccc2)c2c3n(c(-c4ccccc4Cl)nn13)CCCC2. The molecule has 5 aromatic rings. The number of hydrogen-bond donors (Lipinski definition) is 1. The molecular weight excluding hydrogens is 495 g/mol. The van der Waals surface area contributed by atoms with Crippen molar-refractivity contribution in [1.82, 2.24) is 14.2 Å². The van der Waals surface area contributed by atoms with Gasteiger partial charge in [-0.15, -0.1) is 5.10 Å². The largest absolute Gasteiger partial charge is 0.345 e. The Morgan fingerprint density at radius 2 is 1.63 bits per heavy atom. The van der Waals surface area contributed by atoms with Crippen LogP contribution < -0.4 is 5.32 Å². The van der Waals surface area contributed by atoms with Crippen LogP contribution in [-0.2, 0) is 13.0 Å². The van der Waals surface area contributed by atoms with Gasteiger partial charge in [-0.1, -0.05) is 77.9 Å². The van der Waals surface area contributed by atoms with Gasteiger partial charge in [-0.25, -0.2) is 4.52 Å². The minimum atomic E-state index is 0.614.